The Morgan fingerprint density at radius 3 is 2.20 bits per heavy atom. The quantitative estimate of drug-likeness (QED) is 0.646. The van der Waals surface area contributed by atoms with E-state index in [1.54, 1.807) is 5.32 Å². The van der Waals surface area contributed by atoms with Crippen LogP contribution in [0.3, 0.4) is 0 Å². The summed E-state index contributed by atoms with van der Waals surface area (Å²) in [6, 6.07) is 9.31. The Hall–Kier alpha value is -3.08. The van der Waals surface area contributed by atoms with Gasteiger partial charge in [0.2, 0.25) is 9.84 Å². The number of nitrogens with one attached hydrogen (secondary N) is 1. The number of halogens is 3. The standard InChI is InChI=1S/C19H18F3NO6S/c1-29-16-7-6-15(10-13(16)11-17(24)25)30(27,28)14-4-2-12(3-5-14)8-9-23-18(26)19(20,21)22/h2-7,10H,8-9,11H2,1H3,(H,23,26)(H,24,25). The third kappa shape index (κ3) is 5.72. The smallest absolute Gasteiger partial charge is 0.471 e. The van der Waals surface area contributed by atoms with E-state index in [0.717, 1.165) is 0 Å². The molecule has 11 heteroatoms. The Morgan fingerprint density at radius 1 is 1.07 bits per heavy atom. The van der Waals surface area contributed by atoms with Gasteiger partial charge in [0, 0.05) is 12.1 Å². The highest BCUT2D eigenvalue weighted by atomic mass is 32.2. The highest BCUT2D eigenvalue weighted by molar-refractivity contribution is 7.91. The minimum atomic E-state index is -4.96. The maximum Gasteiger partial charge on any atom is 0.471 e. The molecule has 0 aliphatic carbocycles. The highest BCUT2D eigenvalue weighted by Gasteiger charge is 2.38. The number of amides is 1. The van der Waals surface area contributed by atoms with Crippen molar-refractivity contribution in [2.75, 3.05) is 13.7 Å². The number of rotatable bonds is 8. The minimum absolute atomic E-state index is 0.0722. The summed E-state index contributed by atoms with van der Waals surface area (Å²) in [6.07, 6.45) is -5.31. The van der Waals surface area contributed by atoms with Crippen LogP contribution in [0.4, 0.5) is 13.2 Å². The lowest BCUT2D eigenvalue weighted by Gasteiger charge is -2.11. The van der Waals surface area contributed by atoms with Gasteiger partial charge in [-0.3, -0.25) is 9.59 Å². The molecule has 2 aromatic rings. The summed E-state index contributed by atoms with van der Waals surface area (Å²) < 4.78 is 67.1. The summed E-state index contributed by atoms with van der Waals surface area (Å²) >= 11 is 0. The van der Waals surface area contributed by atoms with Crippen molar-refractivity contribution in [3.63, 3.8) is 0 Å². The number of alkyl halides is 3. The van der Waals surface area contributed by atoms with Crippen LogP contribution in [0.15, 0.2) is 52.3 Å². The molecule has 0 atom stereocenters. The number of benzene rings is 2. The molecule has 0 aromatic heterocycles. The van der Waals surface area contributed by atoms with E-state index in [1.165, 1.54) is 49.6 Å². The molecule has 7 nitrogen and oxygen atoms in total. The van der Waals surface area contributed by atoms with Gasteiger partial charge in [0.15, 0.2) is 0 Å². The van der Waals surface area contributed by atoms with Gasteiger partial charge in [-0.05, 0) is 42.3 Å². The summed E-state index contributed by atoms with van der Waals surface area (Å²) in [7, 11) is -2.62. The van der Waals surface area contributed by atoms with E-state index < -0.39 is 34.3 Å². The van der Waals surface area contributed by atoms with Crippen molar-refractivity contribution in [2.24, 2.45) is 0 Å². The fraction of sp³-hybridized carbons (Fsp3) is 0.263. The van der Waals surface area contributed by atoms with E-state index in [9.17, 15) is 31.2 Å². The number of carbonyl (C=O) groups is 2. The van der Waals surface area contributed by atoms with Crippen LogP contribution in [0.1, 0.15) is 11.1 Å². The first-order valence-electron chi connectivity index (χ1n) is 8.53. The monoisotopic (exact) mass is 445 g/mol. The average Bonchev–Trinajstić information content (AvgIpc) is 2.67. The Labute approximate surface area is 170 Å². The van der Waals surface area contributed by atoms with Gasteiger partial charge < -0.3 is 15.2 Å². The molecule has 0 heterocycles. The summed E-state index contributed by atoms with van der Waals surface area (Å²) in [6.45, 7) is -0.262. The topological polar surface area (TPSA) is 110 Å². The number of carboxylic acid groups (broad SMARTS) is 1. The van der Waals surface area contributed by atoms with E-state index in [-0.39, 0.29) is 34.1 Å². The van der Waals surface area contributed by atoms with Crippen LogP contribution in [0, 0.1) is 0 Å². The number of sulfone groups is 1. The Bertz CT molecular complexity index is 1030. The largest absolute Gasteiger partial charge is 0.496 e. The summed E-state index contributed by atoms with van der Waals surface area (Å²) in [4.78, 5) is 21.6. The second-order valence-electron chi connectivity index (χ2n) is 6.20. The molecule has 0 saturated carbocycles. The second-order valence-corrected chi connectivity index (χ2v) is 8.14. The van der Waals surface area contributed by atoms with E-state index in [2.05, 4.69) is 0 Å². The Kier molecular flexibility index (Phi) is 7.08. The van der Waals surface area contributed by atoms with Gasteiger partial charge in [-0.1, -0.05) is 12.1 Å². The second kappa shape index (κ2) is 9.16. The Balaban J connectivity index is 2.17. The summed E-state index contributed by atoms with van der Waals surface area (Å²) in [5.41, 5.74) is 0.723. The van der Waals surface area contributed by atoms with Crippen LogP contribution in [0.5, 0.6) is 5.75 Å². The lowest BCUT2D eigenvalue weighted by atomic mass is 10.1. The number of carbonyl (C=O) groups excluding carboxylic acids is 1. The molecule has 0 unspecified atom stereocenters. The number of methoxy groups -OCH3 is 1. The van der Waals surface area contributed by atoms with Crippen LogP contribution < -0.4 is 10.1 Å². The predicted molar refractivity (Wildman–Crippen MR) is 99.0 cm³/mol. The van der Waals surface area contributed by atoms with Crippen molar-refractivity contribution in [3.8, 4) is 5.75 Å². The molecule has 1 amide bonds. The number of aliphatic carboxylic acids is 1. The zero-order chi connectivity index (χ0) is 22.5. The molecular weight excluding hydrogens is 427 g/mol. The predicted octanol–water partition coefficient (Wildman–Crippen LogP) is 2.38. The molecule has 0 spiro atoms. The molecule has 162 valence electrons. The van der Waals surface area contributed by atoms with Crippen LogP contribution >= 0.6 is 0 Å². The number of hydrogen-bond donors (Lipinski definition) is 2. The van der Waals surface area contributed by atoms with Gasteiger partial charge in [0.1, 0.15) is 5.75 Å². The molecule has 30 heavy (non-hydrogen) atoms. The Morgan fingerprint density at radius 2 is 1.67 bits per heavy atom. The van der Waals surface area contributed by atoms with Crippen LogP contribution in [-0.2, 0) is 32.3 Å². The van der Waals surface area contributed by atoms with E-state index in [4.69, 9.17) is 9.84 Å². The van der Waals surface area contributed by atoms with Gasteiger partial charge in [-0.15, -0.1) is 0 Å². The third-order valence-corrected chi connectivity index (χ3v) is 5.86. The molecule has 0 radical (unpaired) electrons. The molecule has 0 saturated heterocycles. The normalized spacial score (nSPS) is 11.7. The summed E-state index contributed by atoms with van der Waals surface area (Å²) in [5, 5.41) is 10.7. The van der Waals surface area contributed by atoms with Crippen molar-refractivity contribution in [2.45, 2.75) is 28.8 Å². The highest BCUT2D eigenvalue weighted by Crippen LogP contribution is 2.27. The van der Waals surface area contributed by atoms with E-state index >= 15 is 0 Å². The van der Waals surface area contributed by atoms with Gasteiger partial charge in [0.25, 0.3) is 0 Å². The van der Waals surface area contributed by atoms with Gasteiger partial charge in [-0.2, -0.15) is 13.2 Å². The van der Waals surface area contributed by atoms with Crippen LogP contribution in [-0.4, -0.2) is 45.2 Å². The maximum atomic E-state index is 12.8. The van der Waals surface area contributed by atoms with Gasteiger partial charge in [-0.25, -0.2) is 8.42 Å². The lowest BCUT2D eigenvalue weighted by molar-refractivity contribution is -0.173. The molecular formula is C19H18F3NO6S. The van der Waals surface area contributed by atoms with Gasteiger partial charge in [0.05, 0.1) is 23.3 Å². The van der Waals surface area contributed by atoms with E-state index in [0.29, 0.717) is 5.56 Å². The van der Waals surface area contributed by atoms with Crippen molar-refractivity contribution >= 4 is 21.7 Å². The molecule has 2 aromatic carbocycles. The number of hydrogen-bond acceptors (Lipinski definition) is 5. The summed E-state index contributed by atoms with van der Waals surface area (Å²) in [5.74, 6) is -2.95. The average molecular weight is 445 g/mol. The van der Waals surface area contributed by atoms with Crippen LogP contribution in [0.25, 0.3) is 0 Å². The minimum Gasteiger partial charge on any atom is -0.496 e. The maximum absolute atomic E-state index is 12.8. The van der Waals surface area contributed by atoms with Crippen molar-refractivity contribution in [3.05, 3.63) is 53.6 Å². The molecule has 2 rings (SSSR count). The van der Waals surface area contributed by atoms with Gasteiger partial charge >= 0.3 is 18.1 Å². The first kappa shape index (κ1) is 23.2. The van der Waals surface area contributed by atoms with Crippen LogP contribution in [0.2, 0.25) is 0 Å². The zero-order valence-electron chi connectivity index (χ0n) is 15.7. The molecule has 0 aliphatic heterocycles. The fourth-order valence-corrected chi connectivity index (χ4v) is 3.93. The molecule has 0 fully saturated rings. The van der Waals surface area contributed by atoms with E-state index in [1.807, 2.05) is 0 Å². The zero-order valence-corrected chi connectivity index (χ0v) is 16.5. The lowest BCUT2D eigenvalue weighted by Crippen LogP contribution is -2.37. The fourth-order valence-electron chi connectivity index (χ4n) is 2.62. The van der Waals surface area contributed by atoms with Crippen molar-refractivity contribution in [1.29, 1.82) is 0 Å². The third-order valence-electron chi connectivity index (χ3n) is 4.09. The number of carboxylic acids is 1. The first-order valence-corrected chi connectivity index (χ1v) is 10.0. The van der Waals surface area contributed by atoms with Crippen molar-refractivity contribution in [1.82, 2.24) is 5.32 Å². The van der Waals surface area contributed by atoms with Crippen molar-refractivity contribution < 1.29 is 41.0 Å². The SMILES string of the molecule is COc1ccc(S(=O)(=O)c2ccc(CCNC(=O)C(F)(F)F)cc2)cc1CC(=O)O. The molecule has 0 bridgehead atoms. The molecule has 2 N–H and O–H groups in total. The number of ether oxygens (including phenoxy) is 1. The first-order chi connectivity index (χ1) is 13.9. The molecule has 0 aliphatic rings.